The van der Waals surface area contributed by atoms with Crippen LogP contribution in [0.25, 0.3) is 10.8 Å². The van der Waals surface area contributed by atoms with Crippen LogP contribution >= 0.6 is 0 Å². The third-order valence-electron chi connectivity index (χ3n) is 7.30. The van der Waals surface area contributed by atoms with Gasteiger partial charge in [-0.25, -0.2) is 4.79 Å². The van der Waals surface area contributed by atoms with Crippen LogP contribution in [0.15, 0.2) is 60.7 Å². The Hall–Kier alpha value is -3.42. The maximum atomic E-state index is 14.0. The summed E-state index contributed by atoms with van der Waals surface area (Å²) in [5.41, 5.74) is 0.713. The zero-order valence-corrected chi connectivity index (χ0v) is 22.6. The molecule has 0 bridgehead atoms. The Morgan fingerprint density at radius 2 is 1.58 bits per heavy atom. The second-order valence-electron chi connectivity index (χ2n) is 9.98. The van der Waals surface area contributed by atoms with Gasteiger partial charge in [0.15, 0.2) is 0 Å². The molecule has 4 rings (SSSR count). The maximum absolute atomic E-state index is 14.0. The monoisotopic (exact) mass is 519 g/mol. The lowest BCUT2D eigenvalue weighted by molar-refractivity contribution is -0.124. The van der Waals surface area contributed by atoms with Gasteiger partial charge in [-0.15, -0.1) is 0 Å². The van der Waals surface area contributed by atoms with Crippen molar-refractivity contribution in [3.05, 3.63) is 66.2 Å². The SMILES string of the molecule is COCC(COC)N(c1ccc(Oc2cccc3ccccc23)cc1C(=O)OC)C(=O)[C@H]1CC[C@H](C)CC1. The first-order valence-corrected chi connectivity index (χ1v) is 13.2. The second kappa shape index (κ2) is 12.9. The van der Waals surface area contributed by atoms with Gasteiger partial charge in [0.2, 0.25) is 5.91 Å². The standard InChI is InChI=1S/C31H37NO6/c1-21-12-14-23(15-13-21)30(33)32(24(19-35-2)20-36-3)28-17-16-25(18-27(28)31(34)37-4)38-29-11-7-9-22-8-5-6-10-26(22)29/h5-11,16-18,21,23-24H,12-15,19-20H2,1-4H3/t21-,23-. The van der Waals surface area contributed by atoms with Gasteiger partial charge in [0.1, 0.15) is 11.5 Å². The van der Waals surface area contributed by atoms with Crippen LogP contribution in [0.4, 0.5) is 5.69 Å². The minimum absolute atomic E-state index is 0.0242. The van der Waals surface area contributed by atoms with E-state index in [2.05, 4.69) is 6.92 Å². The van der Waals surface area contributed by atoms with Gasteiger partial charge < -0.3 is 23.8 Å². The molecule has 0 radical (unpaired) electrons. The Balaban J connectivity index is 1.75. The fraction of sp³-hybridized carbons (Fsp3) is 0.419. The molecule has 3 aromatic carbocycles. The normalized spacial score (nSPS) is 17.4. The molecule has 7 heteroatoms. The number of fused-ring (bicyclic) bond motifs is 1. The highest BCUT2D eigenvalue weighted by molar-refractivity contribution is 6.04. The molecule has 0 aliphatic heterocycles. The van der Waals surface area contributed by atoms with E-state index < -0.39 is 12.0 Å². The molecular weight excluding hydrogens is 482 g/mol. The number of carbonyl (C=O) groups excluding carboxylic acids is 2. The number of anilines is 1. The van der Waals surface area contributed by atoms with E-state index in [1.807, 2.05) is 42.5 Å². The van der Waals surface area contributed by atoms with Gasteiger partial charge in [-0.3, -0.25) is 4.79 Å². The molecule has 0 N–H and O–H groups in total. The van der Waals surface area contributed by atoms with Gasteiger partial charge in [0.05, 0.1) is 37.6 Å². The first-order chi connectivity index (χ1) is 18.5. The second-order valence-corrected chi connectivity index (χ2v) is 9.98. The number of hydrogen-bond acceptors (Lipinski definition) is 6. The molecule has 1 saturated carbocycles. The largest absolute Gasteiger partial charge is 0.465 e. The zero-order valence-electron chi connectivity index (χ0n) is 22.6. The Morgan fingerprint density at radius 1 is 0.895 bits per heavy atom. The lowest BCUT2D eigenvalue weighted by atomic mass is 9.82. The van der Waals surface area contributed by atoms with Crippen molar-refractivity contribution in [2.75, 3.05) is 39.4 Å². The highest BCUT2D eigenvalue weighted by Crippen LogP contribution is 2.36. The summed E-state index contributed by atoms with van der Waals surface area (Å²) in [5, 5.41) is 2.01. The topological polar surface area (TPSA) is 74.3 Å². The number of nitrogens with zero attached hydrogens (tertiary/aromatic N) is 1. The number of rotatable bonds is 10. The Morgan fingerprint density at radius 3 is 2.26 bits per heavy atom. The third-order valence-corrected chi connectivity index (χ3v) is 7.30. The van der Waals surface area contributed by atoms with Gasteiger partial charge in [0, 0.05) is 25.5 Å². The molecule has 0 spiro atoms. The summed E-state index contributed by atoms with van der Waals surface area (Å²) in [6.45, 7) is 2.75. The smallest absolute Gasteiger partial charge is 0.340 e. The number of amides is 1. The first kappa shape index (κ1) is 27.6. The van der Waals surface area contributed by atoms with E-state index in [1.54, 1.807) is 37.3 Å². The van der Waals surface area contributed by atoms with E-state index in [1.165, 1.54) is 7.11 Å². The number of carbonyl (C=O) groups is 2. The van der Waals surface area contributed by atoms with Crippen LogP contribution in [0.2, 0.25) is 0 Å². The summed E-state index contributed by atoms with van der Waals surface area (Å²) >= 11 is 0. The summed E-state index contributed by atoms with van der Waals surface area (Å²) in [6.07, 6.45) is 3.65. The highest BCUT2D eigenvalue weighted by atomic mass is 16.5. The van der Waals surface area contributed by atoms with Gasteiger partial charge >= 0.3 is 5.97 Å². The van der Waals surface area contributed by atoms with E-state index in [-0.39, 0.29) is 30.6 Å². The molecule has 0 saturated heterocycles. The molecule has 1 aliphatic rings. The predicted octanol–water partition coefficient (Wildman–Crippen LogP) is 6.24. The number of ether oxygens (including phenoxy) is 4. The quantitative estimate of drug-likeness (QED) is 0.295. The fourth-order valence-electron chi connectivity index (χ4n) is 5.25. The summed E-state index contributed by atoms with van der Waals surface area (Å²) in [6, 6.07) is 18.6. The minimum atomic E-state index is -0.549. The molecule has 0 atom stereocenters. The Labute approximate surface area is 224 Å². The Kier molecular flexibility index (Phi) is 9.37. The summed E-state index contributed by atoms with van der Waals surface area (Å²) in [7, 11) is 4.52. The van der Waals surface area contributed by atoms with Crippen molar-refractivity contribution in [3.63, 3.8) is 0 Å². The average Bonchev–Trinajstić information content (AvgIpc) is 2.94. The lowest BCUT2D eigenvalue weighted by Crippen LogP contribution is -2.49. The van der Waals surface area contributed by atoms with Crippen molar-refractivity contribution in [3.8, 4) is 11.5 Å². The van der Waals surface area contributed by atoms with Gasteiger partial charge in [0.25, 0.3) is 0 Å². The number of esters is 1. The van der Waals surface area contributed by atoms with Crippen molar-refractivity contribution in [2.45, 2.75) is 38.6 Å². The molecule has 3 aromatic rings. The third kappa shape index (κ3) is 6.17. The molecule has 0 aromatic heterocycles. The van der Waals surface area contributed by atoms with Crippen molar-refractivity contribution < 1.29 is 28.5 Å². The van der Waals surface area contributed by atoms with Crippen LogP contribution in [0, 0.1) is 11.8 Å². The van der Waals surface area contributed by atoms with Gasteiger partial charge in [-0.05, 0) is 61.3 Å². The predicted molar refractivity (Wildman–Crippen MR) is 148 cm³/mol. The van der Waals surface area contributed by atoms with Crippen molar-refractivity contribution >= 4 is 28.3 Å². The number of benzene rings is 3. The van der Waals surface area contributed by atoms with Crippen molar-refractivity contribution in [1.29, 1.82) is 0 Å². The first-order valence-electron chi connectivity index (χ1n) is 13.2. The van der Waals surface area contributed by atoms with Crippen molar-refractivity contribution in [1.82, 2.24) is 0 Å². The maximum Gasteiger partial charge on any atom is 0.340 e. The molecule has 0 heterocycles. The molecule has 7 nitrogen and oxygen atoms in total. The van der Waals surface area contributed by atoms with Crippen LogP contribution in [0.5, 0.6) is 11.5 Å². The van der Waals surface area contributed by atoms with Gasteiger partial charge in [-0.2, -0.15) is 0 Å². The Bertz CT molecular complexity index is 1240. The summed E-state index contributed by atoms with van der Waals surface area (Å²) < 4.78 is 22.3. The number of hydrogen-bond donors (Lipinski definition) is 0. The molecule has 1 amide bonds. The minimum Gasteiger partial charge on any atom is -0.465 e. The molecular formula is C31H37NO6. The van der Waals surface area contributed by atoms with E-state index in [0.717, 1.165) is 36.5 Å². The fourth-order valence-corrected chi connectivity index (χ4v) is 5.25. The van der Waals surface area contributed by atoms with Crippen LogP contribution in [0.1, 0.15) is 43.0 Å². The summed E-state index contributed by atoms with van der Waals surface area (Å²) in [4.78, 5) is 28.8. The van der Waals surface area contributed by atoms with Crippen LogP contribution < -0.4 is 9.64 Å². The zero-order chi connectivity index (χ0) is 27.1. The van der Waals surface area contributed by atoms with E-state index in [9.17, 15) is 9.59 Å². The molecule has 0 unspecified atom stereocenters. The molecule has 38 heavy (non-hydrogen) atoms. The van der Waals surface area contributed by atoms with Crippen LogP contribution in [-0.2, 0) is 19.0 Å². The van der Waals surface area contributed by atoms with Gasteiger partial charge in [-0.1, -0.05) is 43.3 Å². The van der Waals surface area contributed by atoms with E-state index in [4.69, 9.17) is 18.9 Å². The number of methoxy groups -OCH3 is 3. The average molecular weight is 520 g/mol. The van der Waals surface area contributed by atoms with Crippen molar-refractivity contribution in [2.24, 2.45) is 11.8 Å². The van der Waals surface area contributed by atoms with E-state index in [0.29, 0.717) is 23.1 Å². The molecule has 202 valence electrons. The molecule has 1 fully saturated rings. The molecule has 1 aliphatic carbocycles. The lowest BCUT2D eigenvalue weighted by Gasteiger charge is -2.36. The van der Waals surface area contributed by atoms with E-state index >= 15 is 0 Å². The summed E-state index contributed by atoms with van der Waals surface area (Å²) in [5.74, 6) is 1.06. The highest BCUT2D eigenvalue weighted by Gasteiger charge is 2.35. The van der Waals surface area contributed by atoms with Crippen LogP contribution in [-0.4, -0.2) is 52.5 Å². The van der Waals surface area contributed by atoms with Crippen LogP contribution in [0.3, 0.4) is 0 Å².